The molecule has 0 fully saturated rings. The predicted octanol–water partition coefficient (Wildman–Crippen LogP) is 0.831. The molecule has 0 spiro atoms. The molecule has 0 amide bonds. The van der Waals surface area contributed by atoms with E-state index in [9.17, 15) is 14.9 Å². The van der Waals surface area contributed by atoms with Gasteiger partial charge in [-0.3, -0.25) is 20.0 Å². The molecular weight excluding hydrogens is 186 g/mol. The molecule has 1 N–H and O–H groups in total. The molecule has 1 aromatic heterocycles. The molecule has 0 aliphatic carbocycles. The van der Waals surface area contributed by atoms with Gasteiger partial charge >= 0.3 is 0 Å². The molecule has 70 valence electrons. The molecule has 1 aromatic carbocycles. The SMILES string of the molecule is O=c1cn[nH]c2c([N+](=O)[O-])cccc12. The van der Waals surface area contributed by atoms with Crippen molar-refractivity contribution in [3.63, 3.8) is 0 Å². The third-order valence-corrected chi connectivity index (χ3v) is 1.86. The number of non-ortho nitro benzene ring substituents is 1. The van der Waals surface area contributed by atoms with Gasteiger partial charge in [-0.25, -0.2) is 0 Å². The summed E-state index contributed by atoms with van der Waals surface area (Å²) in [5, 5.41) is 16.8. The average molecular weight is 191 g/mol. The van der Waals surface area contributed by atoms with Gasteiger partial charge in [0.15, 0.2) is 0 Å². The van der Waals surface area contributed by atoms with Crippen molar-refractivity contribution in [2.24, 2.45) is 0 Å². The number of aromatic amines is 1. The molecule has 6 nitrogen and oxygen atoms in total. The van der Waals surface area contributed by atoms with Crippen LogP contribution in [0.1, 0.15) is 0 Å². The fourth-order valence-corrected chi connectivity index (χ4v) is 1.24. The van der Waals surface area contributed by atoms with E-state index in [4.69, 9.17) is 0 Å². The molecular formula is C8H5N3O3. The van der Waals surface area contributed by atoms with Gasteiger partial charge in [-0.2, -0.15) is 5.10 Å². The highest BCUT2D eigenvalue weighted by Gasteiger charge is 2.12. The van der Waals surface area contributed by atoms with Crippen LogP contribution in [0.4, 0.5) is 5.69 Å². The van der Waals surface area contributed by atoms with Crippen LogP contribution >= 0.6 is 0 Å². The summed E-state index contributed by atoms with van der Waals surface area (Å²) in [7, 11) is 0. The topological polar surface area (TPSA) is 88.9 Å². The minimum Gasteiger partial charge on any atom is -0.287 e. The summed E-state index contributed by atoms with van der Waals surface area (Å²) in [5.74, 6) is 0. The first-order valence-corrected chi connectivity index (χ1v) is 3.81. The summed E-state index contributed by atoms with van der Waals surface area (Å²) in [6.07, 6.45) is 1.09. The Morgan fingerprint density at radius 2 is 2.21 bits per heavy atom. The molecule has 0 unspecified atom stereocenters. The minimum absolute atomic E-state index is 0.146. The molecule has 0 atom stereocenters. The first kappa shape index (κ1) is 8.36. The number of fused-ring (bicyclic) bond motifs is 1. The number of nitro benzene ring substituents is 1. The van der Waals surface area contributed by atoms with Crippen molar-refractivity contribution in [1.82, 2.24) is 10.2 Å². The number of nitrogens with one attached hydrogen (secondary N) is 1. The first-order chi connectivity index (χ1) is 6.70. The molecule has 1 heterocycles. The summed E-state index contributed by atoms with van der Waals surface area (Å²) in [6, 6.07) is 4.30. The Morgan fingerprint density at radius 1 is 1.43 bits per heavy atom. The van der Waals surface area contributed by atoms with Crippen molar-refractivity contribution in [1.29, 1.82) is 0 Å². The maximum atomic E-state index is 11.2. The van der Waals surface area contributed by atoms with Crippen molar-refractivity contribution in [3.05, 3.63) is 44.7 Å². The molecule has 0 bridgehead atoms. The van der Waals surface area contributed by atoms with Crippen LogP contribution in [0.3, 0.4) is 0 Å². The van der Waals surface area contributed by atoms with Crippen molar-refractivity contribution in [3.8, 4) is 0 Å². The van der Waals surface area contributed by atoms with E-state index in [1.165, 1.54) is 18.2 Å². The molecule has 2 rings (SSSR count). The number of rotatable bonds is 1. The predicted molar refractivity (Wildman–Crippen MR) is 49.0 cm³/mol. The third kappa shape index (κ3) is 1.13. The summed E-state index contributed by atoms with van der Waals surface area (Å²) in [6.45, 7) is 0. The highest BCUT2D eigenvalue weighted by molar-refractivity contribution is 5.85. The monoisotopic (exact) mass is 191 g/mol. The largest absolute Gasteiger partial charge is 0.294 e. The van der Waals surface area contributed by atoms with E-state index in [0.29, 0.717) is 0 Å². The molecule has 0 aliphatic heterocycles. The summed E-state index contributed by atoms with van der Waals surface area (Å²) in [5.41, 5.74) is -0.319. The average Bonchev–Trinajstić information content (AvgIpc) is 2.17. The second-order valence-corrected chi connectivity index (χ2v) is 2.69. The zero-order valence-electron chi connectivity index (χ0n) is 6.93. The van der Waals surface area contributed by atoms with E-state index in [1.807, 2.05) is 0 Å². The Balaban J connectivity index is 2.95. The Morgan fingerprint density at radius 3 is 2.93 bits per heavy atom. The molecule has 6 heteroatoms. The number of hydrogen-bond acceptors (Lipinski definition) is 4. The molecule has 0 radical (unpaired) electrons. The maximum Gasteiger partial charge on any atom is 0.294 e. The fraction of sp³-hybridized carbons (Fsp3) is 0. The van der Waals surface area contributed by atoms with Crippen LogP contribution in [0.5, 0.6) is 0 Å². The molecule has 0 aliphatic rings. The highest BCUT2D eigenvalue weighted by Crippen LogP contribution is 2.19. The summed E-state index contributed by atoms with van der Waals surface area (Å²) in [4.78, 5) is 21.3. The van der Waals surface area contributed by atoms with E-state index in [1.54, 1.807) is 0 Å². The molecule has 0 saturated carbocycles. The number of aromatic nitrogens is 2. The van der Waals surface area contributed by atoms with Gasteiger partial charge in [-0.1, -0.05) is 6.07 Å². The third-order valence-electron chi connectivity index (χ3n) is 1.86. The van der Waals surface area contributed by atoms with Crippen molar-refractivity contribution in [2.45, 2.75) is 0 Å². The number of benzene rings is 1. The van der Waals surface area contributed by atoms with Crippen molar-refractivity contribution >= 4 is 16.6 Å². The zero-order chi connectivity index (χ0) is 10.1. The van der Waals surface area contributed by atoms with Crippen LogP contribution in [0, 0.1) is 10.1 Å². The van der Waals surface area contributed by atoms with Crippen LogP contribution in [-0.4, -0.2) is 15.1 Å². The van der Waals surface area contributed by atoms with Gasteiger partial charge in [0, 0.05) is 6.07 Å². The Hall–Kier alpha value is -2.24. The number of para-hydroxylation sites is 1. The van der Waals surface area contributed by atoms with E-state index >= 15 is 0 Å². The zero-order valence-corrected chi connectivity index (χ0v) is 6.93. The van der Waals surface area contributed by atoms with E-state index in [0.717, 1.165) is 6.20 Å². The first-order valence-electron chi connectivity index (χ1n) is 3.81. The summed E-state index contributed by atoms with van der Waals surface area (Å²) < 4.78 is 0. The molecule has 0 saturated heterocycles. The number of nitro groups is 1. The van der Waals surface area contributed by atoms with E-state index < -0.39 is 4.92 Å². The minimum atomic E-state index is -0.556. The number of H-pyrrole nitrogens is 1. The number of hydrogen-bond donors (Lipinski definition) is 1. The van der Waals surface area contributed by atoms with Gasteiger partial charge in [0.05, 0.1) is 16.5 Å². The smallest absolute Gasteiger partial charge is 0.287 e. The summed E-state index contributed by atoms with van der Waals surface area (Å²) >= 11 is 0. The van der Waals surface area contributed by atoms with Crippen LogP contribution in [0.15, 0.2) is 29.2 Å². The standard InChI is InChI=1S/C8H5N3O3/c12-7-4-9-10-8-5(7)2-1-3-6(8)11(13)14/h1-4H,(H,10,12). The fourth-order valence-electron chi connectivity index (χ4n) is 1.24. The van der Waals surface area contributed by atoms with Crippen LogP contribution < -0.4 is 5.43 Å². The van der Waals surface area contributed by atoms with Gasteiger partial charge < -0.3 is 0 Å². The molecule has 2 aromatic rings. The van der Waals surface area contributed by atoms with E-state index in [2.05, 4.69) is 10.2 Å². The van der Waals surface area contributed by atoms with Gasteiger partial charge in [0.1, 0.15) is 5.52 Å². The maximum absolute atomic E-state index is 11.2. The lowest BCUT2D eigenvalue weighted by molar-refractivity contribution is -0.383. The Bertz CT molecular complexity index is 561. The van der Waals surface area contributed by atoms with Crippen LogP contribution in [0.2, 0.25) is 0 Å². The van der Waals surface area contributed by atoms with Crippen molar-refractivity contribution < 1.29 is 4.92 Å². The Kier molecular flexibility index (Phi) is 1.74. The van der Waals surface area contributed by atoms with Gasteiger partial charge in [0.25, 0.3) is 5.69 Å². The Labute approximate surface area is 77.3 Å². The van der Waals surface area contributed by atoms with Crippen molar-refractivity contribution in [2.75, 3.05) is 0 Å². The van der Waals surface area contributed by atoms with Crippen LogP contribution in [0.25, 0.3) is 10.9 Å². The quantitative estimate of drug-likeness (QED) is 0.534. The second kappa shape index (κ2) is 2.91. The molecule has 14 heavy (non-hydrogen) atoms. The second-order valence-electron chi connectivity index (χ2n) is 2.69. The number of nitrogens with zero attached hydrogens (tertiary/aromatic N) is 2. The lowest BCUT2D eigenvalue weighted by Gasteiger charge is -1.96. The normalized spacial score (nSPS) is 10.3. The van der Waals surface area contributed by atoms with Gasteiger partial charge in [-0.15, -0.1) is 0 Å². The highest BCUT2D eigenvalue weighted by atomic mass is 16.6. The lowest BCUT2D eigenvalue weighted by atomic mass is 10.2. The van der Waals surface area contributed by atoms with E-state index in [-0.39, 0.29) is 22.0 Å². The lowest BCUT2D eigenvalue weighted by Crippen LogP contribution is -2.04. The van der Waals surface area contributed by atoms with Crippen LogP contribution in [-0.2, 0) is 0 Å². The van der Waals surface area contributed by atoms with Gasteiger partial charge in [-0.05, 0) is 6.07 Å². The van der Waals surface area contributed by atoms with Gasteiger partial charge in [0.2, 0.25) is 5.43 Å².